The minimum Gasteiger partial charge on any atom is -0.339 e. The number of pyridine rings is 1. The van der Waals surface area contributed by atoms with Gasteiger partial charge in [-0.3, -0.25) is 9.78 Å². The molecule has 0 spiro atoms. The lowest BCUT2D eigenvalue weighted by Gasteiger charge is -2.32. The van der Waals surface area contributed by atoms with Gasteiger partial charge < -0.3 is 4.90 Å². The first kappa shape index (κ1) is 13.3. The standard InChI is InChI=1S/C14H19ClN2O/c1-2-3-11-5-8-17(9-6-11)14(18)12-4-7-16-10-13(12)15/h4,7,10-11H,2-3,5-6,8-9H2,1H3. The fraction of sp³-hybridized carbons (Fsp3) is 0.571. The molecule has 4 heteroatoms. The molecule has 0 aliphatic carbocycles. The second-order valence-corrected chi connectivity index (χ2v) is 5.29. The summed E-state index contributed by atoms with van der Waals surface area (Å²) in [5, 5.41) is 0.443. The van der Waals surface area contributed by atoms with Crippen molar-refractivity contribution in [3.8, 4) is 0 Å². The van der Waals surface area contributed by atoms with E-state index in [0.29, 0.717) is 10.6 Å². The van der Waals surface area contributed by atoms with Gasteiger partial charge in [-0.2, -0.15) is 0 Å². The fourth-order valence-electron chi connectivity index (χ4n) is 2.55. The van der Waals surface area contributed by atoms with Crippen LogP contribution < -0.4 is 0 Å². The van der Waals surface area contributed by atoms with Gasteiger partial charge in [0.15, 0.2) is 0 Å². The lowest BCUT2D eigenvalue weighted by Crippen LogP contribution is -2.38. The van der Waals surface area contributed by atoms with Gasteiger partial charge in [-0.1, -0.05) is 31.4 Å². The zero-order chi connectivity index (χ0) is 13.0. The molecule has 0 saturated carbocycles. The molecule has 1 aliphatic rings. The number of hydrogen-bond donors (Lipinski definition) is 0. The molecule has 1 aromatic rings. The number of carbonyl (C=O) groups excluding carboxylic acids is 1. The van der Waals surface area contributed by atoms with Crippen LogP contribution in [0.1, 0.15) is 43.0 Å². The molecule has 3 nitrogen and oxygen atoms in total. The normalized spacial score (nSPS) is 16.9. The van der Waals surface area contributed by atoms with E-state index in [1.54, 1.807) is 12.3 Å². The number of nitrogens with zero attached hydrogens (tertiary/aromatic N) is 2. The number of likely N-dealkylation sites (tertiary alicyclic amines) is 1. The first-order valence-electron chi connectivity index (χ1n) is 6.61. The van der Waals surface area contributed by atoms with Crippen LogP contribution in [0, 0.1) is 5.92 Å². The number of rotatable bonds is 3. The Morgan fingerprint density at radius 1 is 1.50 bits per heavy atom. The Morgan fingerprint density at radius 3 is 2.83 bits per heavy atom. The summed E-state index contributed by atoms with van der Waals surface area (Å²) >= 11 is 6.01. The third kappa shape index (κ3) is 3.02. The summed E-state index contributed by atoms with van der Waals surface area (Å²) in [4.78, 5) is 18.1. The monoisotopic (exact) mass is 266 g/mol. The number of hydrogen-bond acceptors (Lipinski definition) is 2. The predicted octanol–water partition coefficient (Wildman–Crippen LogP) is 3.39. The second kappa shape index (κ2) is 6.19. The molecule has 18 heavy (non-hydrogen) atoms. The van der Waals surface area contributed by atoms with Gasteiger partial charge in [0.1, 0.15) is 0 Å². The van der Waals surface area contributed by atoms with Crippen LogP contribution in [0.25, 0.3) is 0 Å². The van der Waals surface area contributed by atoms with Crippen molar-refractivity contribution in [3.05, 3.63) is 29.0 Å². The van der Waals surface area contributed by atoms with Gasteiger partial charge >= 0.3 is 0 Å². The summed E-state index contributed by atoms with van der Waals surface area (Å²) in [5.74, 6) is 0.823. The molecule has 0 bridgehead atoms. The van der Waals surface area contributed by atoms with E-state index in [9.17, 15) is 4.79 Å². The van der Waals surface area contributed by atoms with Crippen molar-refractivity contribution in [2.45, 2.75) is 32.6 Å². The van der Waals surface area contributed by atoms with Crippen LogP contribution >= 0.6 is 11.6 Å². The van der Waals surface area contributed by atoms with Crippen LogP contribution in [0.5, 0.6) is 0 Å². The maximum absolute atomic E-state index is 12.3. The van der Waals surface area contributed by atoms with Crippen molar-refractivity contribution >= 4 is 17.5 Å². The summed E-state index contributed by atoms with van der Waals surface area (Å²) in [6, 6.07) is 1.70. The van der Waals surface area contributed by atoms with Crippen molar-refractivity contribution in [2.24, 2.45) is 5.92 Å². The Hall–Kier alpha value is -1.09. The van der Waals surface area contributed by atoms with Crippen LogP contribution in [0.15, 0.2) is 18.5 Å². The average molecular weight is 267 g/mol. The van der Waals surface area contributed by atoms with Crippen LogP contribution in [0.4, 0.5) is 0 Å². The van der Waals surface area contributed by atoms with Crippen molar-refractivity contribution in [2.75, 3.05) is 13.1 Å². The van der Waals surface area contributed by atoms with Gasteiger partial charge in [-0.25, -0.2) is 0 Å². The SMILES string of the molecule is CCCC1CCN(C(=O)c2ccncc2Cl)CC1. The highest BCUT2D eigenvalue weighted by molar-refractivity contribution is 6.33. The minimum absolute atomic E-state index is 0.0392. The maximum Gasteiger partial charge on any atom is 0.255 e. The molecule has 0 N–H and O–H groups in total. The number of carbonyl (C=O) groups is 1. The highest BCUT2D eigenvalue weighted by atomic mass is 35.5. The lowest BCUT2D eigenvalue weighted by atomic mass is 9.92. The van der Waals surface area contributed by atoms with Crippen molar-refractivity contribution in [1.29, 1.82) is 0 Å². The molecule has 0 atom stereocenters. The van der Waals surface area contributed by atoms with Crippen molar-refractivity contribution in [1.82, 2.24) is 9.88 Å². The van der Waals surface area contributed by atoms with Crippen LogP contribution in [0.2, 0.25) is 5.02 Å². The molecule has 1 aromatic heterocycles. The van der Waals surface area contributed by atoms with Crippen molar-refractivity contribution in [3.63, 3.8) is 0 Å². The highest BCUT2D eigenvalue weighted by Crippen LogP contribution is 2.24. The van der Waals surface area contributed by atoms with Gasteiger partial charge in [0.25, 0.3) is 5.91 Å². The number of halogens is 1. The predicted molar refractivity (Wildman–Crippen MR) is 72.8 cm³/mol. The molecule has 1 aliphatic heterocycles. The Morgan fingerprint density at radius 2 is 2.22 bits per heavy atom. The second-order valence-electron chi connectivity index (χ2n) is 4.88. The topological polar surface area (TPSA) is 33.2 Å². The summed E-state index contributed by atoms with van der Waals surface area (Å²) in [5.41, 5.74) is 0.570. The van der Waals surface area contributed by atoms with Gasteiger partial charge in [0.05, 0.1) is 10.6 Å². The molecule has 0 unspecified atom stereocenters. The highest BCUT2D eigenvalue weighted by Gasteiger charge is 2.24. The fourth-order valence-corrected chi connectivity index (χ4v) is 2.75. The quantitative estimate of drug-likeness (QED) is 0.840. The molecule has 2 heterocycles. The van der Waals surface area contributed by atoms with Crippen LogP contribution in [-0.4, -0.2) is 28.9 Å². The number of aromatic nitrogens is 1. The maximum atomic E-state index is 12.3. The van der Waals surface area contributed by atoms with Gasteiger partial charge in [0.2, 0.25) is 0 Å². The average Bonchev–Trinajstić information content (AvgIpc) is 2.40. The third-order valence-electron chi connectivity index (χ3n) is 3.60. The molecule has 98 valence electrons. The number of amides is 1. The van der Waals surface area contributed by atoms with E-state index in [-0.39, 0.29) is 5.91 Å². The Balaban J connectivity index is 1.98. The van der Waals surface area contributed by atoms with Gasteiger partial charge in [-0.15, -0.1) is 0 Å². The molecule has 2 rings (SSSR count). The Kier molecular flexibility index (Phi) is 4.59. The van der Waals surface area contributed by atoms with Gasteiger partial charge in [-0.05, 0) is 24.8 Å². The summed E-state index contributed by atoms with van der Waals surface area (Å²) < 4.78 is 0. The summed E-state index contributed by atoms with van der Waals surface area (Å²) in [6.45, 7) is 3.92. The molecule has 1 fully saturated rings. The molecule has 1 saturated heterocycles. The molecular formula is C14H19ClN2O. The van der Waals surface area contributed by atoms with E-state index in [2.05, 4.69) is 11.9 Å². The van der Waals surface area contributed by atoms with E-state index >= 15 is 0 Å². The van der Waals surface area contributed by atoms with Crippen LogP contribution in [0.3, 0.4) is 0 Å². The smallest absolute Gasteiger partial charge is 0.255 e. The molecule has 0 aromatic carbocycles. The zero-order valence-corrected chi connectivity index (χ0v) is 11.5. The van der Waals surface area contributed by atoms with E-state index in [0.717, 1.165) is 31.8 Å². The largest absolute Gasteiger partial charge is 0.339 e. The third-order valence-corrected chi connectivity index (χ3v) is 3.90. The Labute approximate surface area is 113 Å². The Bertz CT molecular complexity index is 414. The summed E-state index contributed by atoms with van der Waals surface area (Å²) in [6.07, 6.45) is 7.87. The van der Waals surface area contributed by atoms with E-state index in [1.807, 2.05) is 4.90 Å². The van der Waals surface area contributed by atoms with E-state index in [1.165, 1.54) is 19.0 Å². The first-order valence-corrected chi connectivity index (χ1v) is 6.99. The molecule has 0 radical (unpaired) electrons. The van der Waals surface area contributed by atoms with E-state index < -0.39 is 0 Å². The van der Waals surface area contributed by atoms with Gasteiger partial charge in [0, 0.05) is 25.5 Å². The molecule has 1 amide bonds. The zero-order valence-electron chi connectivity index (χ0n) is 10.7. The van der Waals surface area contributed by atoms with E-state index in [4.69, 9.17) is 11.6 Å². The van der Waals surface area contributed by atoms with Crippen molar-refractivity contribution < 1.29 is 4.79 Å². The first-order chi connectivity index (χ1) is 8.72. The lowest BCUT2D eigenvalue weighted by molar-refractivity contribution is 0.0686. The minimum atomic E-state index is 0.0392. The summed E-state index contributed by atoms with van der Waals surface area (Å²) in [7, 11) is 0. The van der Waals surface area contributed by atoms with Crippen LogP contribution in [-0.2, 0) is 0 Å². The number of piperidine rings is 1. The molecular weight excluding hydrogens is 248 g/mol.